The fourth-order valence-electron chi connectivity index (χ4n) is 3.61. The highest BCUT2D eigenvalue weighted by molar-refractivity contribution is 7.13. The molecule has 2 N–H and O–H groups in total. The molecule has 4 nitrogen and oxygen atoms in total. The van der Waals surface area contributed by atoms with Gasteiger partial charge in [-0.3, -0.25) is 5.41 Å². The second-order valence-electron chi connectivity index (χ2n) is 7.39. The molecule has 5 heteroatoms. The van der Waals surface area contributed by atoms with Gasteiger partial charge in [-0.1, -0.05) is 35.9 Å². The summed E-state index contributed by atoms with van der Waals surface area (Å²) in [6.45, 7) is 8.49. The fraction of sp³-hybridized carbons (Fsp3) is 0.217. The van der Waals surface area contributed by atoms with Gasteiger partial charge in [-0.2, -0.15) is 0 Å². The number of amidine groups is 1. The number of anilines is 1. The number of nitrogens with one attached hydrogen (secondary N) is 1. The van der Waals surface area contributed by atoms with E-state index < -0.39 is 0 Å². The third kappa shape index (κ3) is 3.22. The molecule has 142 valence electrons. The third-order valence-electron chi connectivity index (χ3n) is 4.96. The molecule has 0 aliphatic carbocycles. The molecule has 0 saturated heterocycles. The molecule has 0 bridgehead atoms. The fourth-order valence-corrected chi connectivity index (χ4v) is 4.62. The highest BCUT2D eigenvalue weighted by atomic mass is 32.1. The summed E-state index contributed by atoms with van der Waals surface area (Å²) in [5.74, 6) is 0.500. The molecule has 2 aromatic carbocycles. The summed E-state index contributed by atoms with van der Waals surface area (Å²) < 4.78 is 0. The predicted octanol–water partition coefficient (Wildman–Crippen LogP) is 5.81. The lowest BCUT2D eigenvalue weighted by atomic mass is 10.1. The van der Waals surface area contributed by atoms with Crippen molar-refractivity contribution in [3.63, 3.8) is 0 Å². The summed E-state index contributed by atoms with van der Waals surface area (Å²) in [6, 6.07) is 14.5. The van der Waals surface area contributed by atoms with Crippen LogP contribution in [0.3, 0.4) is 0 Å². The van der Waals surface area contributed by atoms with Gasteiger partial charge in [0.25, 0.3) is 0 Å². The van der Waals surface area contributed by atoms with Crippen LogP contribution in [0, 0.1) is 33.1 Å². The van der Waals surface area contributed by atoms with E-state index in [4.69, 9.17) is 10.4 Å². The Morgan fingerprint density at radius 2 is 1.61 bits per heavy atom. The quantitative estimate of drug-likeness (QED) is 0.594. The van der Waals surface area contributed by atoms with Gasteiger partial charge in [-0.15, -0.1) is 11.3 Å². The minimum Gasteiger partial charge on any atom is -0.510 e. The minimum atomic E-state index is 0.202. The number of rotatable bonds is 3. The Morgan fingerprint density at radius 3 is 2.25 bits per heavy atom. The third-order valence-corrected chi connectivity index (χ3v) is 5.95. The number of aliphatic hydroxyl groups excluding tert-OH is 1. The molecule has 0 atom stereocenters. The van der Waals surface area contributed by atoms with Crippen molar-refractivity contribution in [2.75, 3.05) is 11.4 Å². The van der Waals surface area contributed by atoms with Crippen LogP contribution in [0.1, 0.15) is 26.6 Å². The van der Waals surface area contributed by atoms with E-state index in [1.54, 1.807) is 0 Å². The zero-order valence-electron chi connectivity index (χ0n) is 16.5. The number of aliphatic hydroxyl groups is 1. The summed E-state index contributed by atoms with van der Waals surface area (Å²) in [7, 11) is 0. The number of hydrogen-bond acceptors (Lipinski definition) is 4. The van der Waals surface area contributed by atoms with Gasteiger partial charge in [0.05, 0.1) is 17.8 Å². The maximum atomic E-state index is 10.7. The van der Waals surface area contributed by atoms with Crippen LogP contribution >= 0.6 is 11.3 Å². The Hall–Kier alpha value is -2.92. The van der Waals surface area contributed by atoms with E-state index in [-0.39, 0.29) is 5.76 Å². The van der Waals surface area contributed by atoms with Crippen LogP contribution in [0.2, 0.25) is 0 Å². The summed E-state index contributed by atoms with van der Waals surface area (Å²) >= 11 is 1.53. The van der Waals surface area contributed by atoms with Crippen molar-refractivity contribution in [3.8, 4) is 11.3 Å². The molecule has 1 aromatic heterocycles. The largest absolute Gasteiger partial charge is 0.510 e. The molecule has 0 amide bonds. The van der Waals surface area contributed by atoms with Gasteiger partial charge in [0, 0.05) is 16.1 Å². The van der Waals surface area contributed by atoms with Crippen LogP contribution in [-0.2, 0) is 0 Å². The Balaban J connectivity index is 1.70. The number of hydrogen-bond donors (Lipinski definition) is 2. The molecular formula is C23H23N3OS. The molecule has 3 aromatic rings. The zero-order chi connectivity index (χ0) is 20.0. The molecular weight excluding hydrogens is 366 g/mol. The van der Waals surface area contributed by atoms with Crippen LogP contribution in [0.25, 0.3) is 16.8 Å². The molecule has 1 aliphatic heterocycles. The van der Waals surface area contributed by atoms with Gasteiger partial charge in [-0.05, 0) is 51.0 Å². The van der Waals surface area contributed by atoms with E-state index in [0.717, 1.165) is 32.9 Å². The smallest absolute Gasteiger partial charge is 0.139 e. The van der Waals surface area contributed by atoms with E-state index in [9.17, 15) is 5.11 Å². The first-order valence-electron chi connectivity index (χ1n) is 9.25. The number of aromatic nitrogens is 1. The number of nitrogens with zero attached hydrogens (tertiary/aromatic N) is 2. The summed E-state index contributed by atoms with van der Waals surface area (Å²) in [4.78, 5) is 7.71. The van der Waals surface area contributed by atoms with Crippen LogP contribution < -0.4 is 4.90 Å². The Morgan fingerprint density at radius 1 is 0.964 bits per heavy atom. The Bertz CT molecular complexity index is 1090. The van der Waals surface area contributed by atoms with Crippen LogP contribution in [0.4, 0.5) is 5.69 Å². The number of thiazole rings is 1. The molecule has 0 unspecified atom stereocenters. The lowest BCUT2D eigenvalue weighted by Gasteiger charge is -2.19. The van der Waals surface area contributed by atoms with Crippen LogP contribution in [0.15, 0.2) is 48.2 Å². The molecule has 1 aliphatic rings. The first kappa shape index (κ1) is 18.4. The van der Waals surface area contributed by atoms with Gasteiger partial charge in [-0.25, -0.2) is 4.98 Å². The average molecular weight is 390 g/mol. The second kappa shape index (κ2) is 6.91. The van der Waals surface area contributed by atoms with Crippen molar-refractivity contribution >= 4 is 28.4 Å². The van der Waals surface area contributed by atoms with Gasteiger partial charge >= 0.3 is 0 Å². The lowest BCUT2D eigenvalue weighted by molar-refractivity contribution is 0.411. The topological polar surface area (TPSA) is 60.2 Å². The molecule has 0 fully saturated rings. The molecule has 28 heavy (non-hydrogen) atoms. The van der Waals surface area contributed by atoms with E-state index in [1.807, 2.05) is 37.8 Å². The Kier molecular flexibility index (Phi) is 4.55. The van der Waals surface area contributed by atoms with Gasteiger partial charge in [0.15, 0.2) is 0 Å². The van der Waals surface area contributed by atoms with Gasteiger partial charge < -0.3 is 10.0 Å². The predicted molar refractivity (Wildman–Crippen MR) is 118 cm³/mol. The minimum absolute atomic E-state index is 0.202. The number of benzene rings is 2. The van der Waals surface area contributed by atoms with Crippen LogP contribution in [-0.4, -0.2) is 22.5 Å². The monoisotopic (exact) mass is 389 g/mol. The first-order chi connectivity index (χ1) is 13.3. The maximum absolute atomic E-state index is 10.7. The van der Waals surface area contributed by atoms with Crippen molar-refractivity contribution in [2.24, 2.45) is 0 Å². The lowest BCUT2D eigenvalue weighted by Crippen LogP contribution is -2.26. The standard InChI is InChI=1S/C23H23N3OS/c1-13-5-7-17(8-6-13)21-16(4)28-23(25-21)20-19(27)12-26(22(20)24)18-10-14(2)9-15(3)11-18/h5-11,24,27H,12H2,1-4H3. The summed E-state index contributed by atoms with van der Waals surface area (Å²) in [5.41, 5.74) is 6.92. The highest BCUT2D eigenvalue weighted by Crippen LogP contribution is 2.37. The average Bonchev–Trinajstić information content (AvgIpc) is 3.14. The molecule has 4 rings (SSSR count). The van der Waals surface area contributed by atoms with Crippen molar-refractivity contribution in [1.29, 1.82) is 5.41 Å². The van der Waals surface area contributed by atoms with Crippen molar-refractivity contribution in [3.05, 3.63) is 74.8 Å². The van der Waals surface area contributed by atoms with Crippen LogP contribution in [0.5, 0.6) is 0 Å². The first-order valence-corrected chi connectivity index (χ1v) is 10.1. The highest BCUT2D eigenvalue weighted by Gasteiger charge is 2.32. The molecule has 0 spiro atoms. The number of aryl methyl sites for hydroxylation is 4. The molecule has 0 radical (unpaired) electrons. The van der Waals surface area contributed by atoms with Crippen molar-refractivity contribution in [2.45, 2.75) is 27.7 Å². The molecule has 0 saturated carbocycles. The normalized spacial score (nSPS) is 14.3. The SMILES string of the molecule is Cc1ccc(-c2nc(C3=C(O)CN(c4cc(C)cc(C)c4)C3=N)sc2C)cc1. The van der Waals surface area contributed by atoms with E-state index in [0.29, 0.717) is 23.0 Å². The Labute approximate surface area is 169 Å². The molecule has 2 heterocycles. The second-order valence-corrected chi connectivity index (χ2v) is 8.60. The zero-order valence-corrected chi connectivity index (χ0v) is 17.3. The van der Waals surface area contributed by atoms with E-state index >= 15 is 0 Å². The van der Waals surface area contributed by atoms with Gasteiger partial charge in [0.1, 0.15) is 16.6 Å². The van der Waals surface area contributed by atoms with Crippen molar-refractivity contribution in [1.82, 2.24) is 4.98 Å². The van der Waals surface area contributed by atoms with E-state index in [1.165, 1.54) is 16.9 Å². The summed E-state index contributed by atoms with van der Waals surface area (Å²) in [5, 5.41) is 20.0. The summed E-state index contributed by atoms with van der Waals surface area (Å²) in [6.07, 6.45) is 0. The van der Waals surface area contributed by atoms with Gasteiger partial charge in [0.2, 0.25) is 0 Å². The van der Waals surface area contributed by atoms with E-state index in [2.05, 4.69) is 37.3 Å². The maximum Gasteiger partial charge on any atom is 0.139 e. The van der Waals surface area contributed by atoms with Crippen molar-refractivity contribution < 1.29 is 5.11 Å².